The summed E-state index contributed by atoms with van der Waals surface area (Å²) in [5.74, 6) is -1.13. The lowest BCUT2D eigenvalue weighted by Gasteiger charge is -2.05. The highest BCUT2D eigenvalue weighted by Gasteiger charge is 2.20. The number of aryl methyl sites for hydroxylation is 1. The van der Waals surface area contributed by atoms with E-state index in [1.165, 1.54) is 18.2 Å². The van der Waals surface area contributed by atoms with Crippen molar-refractivity contribution in [3.05, 3.63) is 45.5 Å². The number of rotatable bonds is 3. The van der Waals surface area contributed by atoms with Gasteiger partial charge in [-0.2, -0.15) is 0 Å². The van der Waals surface area contributed by atoms with E-state index in [1.54, 1.807) is 6.92 Å². The number of nitrogens with one attached hydrogen (secondary N) is 1. The molecule has 0 spiro atoms. The molecule has 112 valence electrons. The van der Waals surface area contributed by atoms with Gasteiger partial charge in [0, 0.05) is 21.2 Å². The molecule has 4 nitrogen and oxygen atoms in total. The largest absolute Gasteiger partial charge is 0.322 e. The van der Waals surface area contributed by atoms with E-state index in [4.69, 9.17) is 22.3 Å². The summed E-state index contributed by atoms with van der Waals surface area (Å²) in [4.78, 5) is 12.6. The van der Waals surface area contributed by atoms with Crippen molar-refractivity contribution in [2.24, 2.45) is 0 Å². The van der Waals surface area contributed by atoms with Crippen LogP contribution in [-0.2, 0) is 9.05 Å². The van der Waals surface area contributed by atoms with Crippen LogP contribution in [0.15, 0.2) is 28.5 Å². The molecule has 2 aromatic rings. The number of hydrogen-bond acceptors (Lipinski definition) is 4. The summed E-state index contributed by atoms with van der Waals surface area (Å²) in [5.41, 5.74) is 0.479. The van der Waals surface area contributed by atoms with Crippen LogP contribution in [0.25, 0.3) is 0 Å². The number of carbonyl (C=O) groups excluding carboxylic acids is 1. The Hall–Kier alpha value is -1.15. The van der Waals surface area contributed by atoms with E-state index in [1.807, 2.05) is 0 Å². The maximum Gasteiger partial charge on any atom is 0.270 e. The third kappa shape index (κ3) is 3.74. The number of anilines is 1. The molecule has 0 bridgehead atoms. The average molecular weight is 368 g/mol. The Balaban J connectivity index is 2.28. The van der Waals surface area contributed by atoms with Crippen LogP contribution in [0.2, 0.25) is 5.02 Å². The second-order valence-electron chi connectivity index (χ2n) is 4.06. The van der Waals surface area contributed by atoms with E-state index in [2.05, 4.69) is 5.32 Å². The Morgan fingerprint density at radius 2 is 2.00 bits per heavy atom. The van der Waals surface area contributed by atoms with Crippen molar-refractivity contribution < 1.29 is 17.6 Å². The molecule has 2 rings (SSSR count). The molecule has 0 atom stereocenters. The maximum atomic E-state index is 13.0. The molecule has 1 amide bonds. The van der Waals surface area contributed by atoms with Crippen LogP contribution < -0.4 is 5.32 Å². The fraction of sp³-hybridized carbons (Fsp3) is 0.0833. The minimum atomic E-state index is -3.88. The van der Waals surface area contributed by atoms with Crippen molar-refractivity contribution in [3.63, 3.8) is 0 Å². The Morgan fingerprint density at radius 3 is 2.52 bits per heavy atom. The molecule has 0 aliphatic carbocycles. The second-order valence-corrected chi connectivity index (χ2v) is 8.51. The molecule has 1 aromatic carbocycles. The van der Waals surface area contributed by atoms with Gasteiger partial charge < -0.3 is 5.32 Å². The Labute approximate surface area is 133 Å². The Morgan fingerprint density at radius 1 is 1.33 bits per heavy atom. The summed E-state index contributed by atoms with van der Waals surface area (Å²) in [7, 11) is 1.36. The average Bonchev–Trinajstić information content (AvgIpc) is 2.76. The molecule has 0 radical (unpaired) electrons. The van der Waals surface area contributed by atoms with Gasteiger partial charge in [-0.1, -0.05) is 11.6 Å². The first-order valence-electron chi connectivity index (χ1n) is 5.50. The SMILES string of the molecule is Cc1sc(S(=O)(=O)Cl)cc1C(=O)Nc1ccc(F)c(Cl)c1. The smallest absolute Gasteiger partial charge is 0.270 e. The molecule has 0 unspecified atom stereocenters. The number of carbonyl (C=O) groups is 1. The van der Waals surface area contributed by atoms with Crippen LogP contribution in [0.3, 0.4) is 0 Å². The molecule has 1 N–H and O–H groups in total. The highest BCUT2D eigenvalue weighted by Crippen LogP contribution is 2.29. The molecule has 0 aliphatic heterocycles. The normalized spacial score (nSPS) is 11.4. The summed E-state index contributed by atoms with van der Waals surface area (Å²) >= 11 is 6.52. The zero-order valence-electron chi connectivity index (χ0n) is 10.5. The lowest BCUT2D eigenvalue weighted by Crippen LogP contribution is -2.12. The van der Waals surface area contributed by atoms with Gasteiger partial charge in [-0.15, -0.1) is 11.3 Å². The van der Waals surface area contributed by atoms with Gasteiger partial charge in [-0.25, -0.2) is 12.8 Å². The van der Waals surface area contributed by atoms with Crippen LogP contribution >= 0.6 is 33.6 Å². The van der Waals surface area contributed by atoms with E-state index < -0.39 is 20.8 Å². The maximum absolute atomic E-state index is 13.0. The molecule has 21 heavy (non-hydrogen) atoms. The highest BCUT2D eigenvalue weighted by molar-refractivity contribution is 8.15. The summed E-state index contributed by atoms with van der Waals surface area (Å²) in [5, 5.41) is 2.38. The van der Waals surface area contributed by atoms with E-state index in [0.717, 1.165) is 17.4 Å². The van der Waals surface area contributed by atoms with Gasteiger partial charge in [0.1, 0.15) is 10.0 Å². The standard InChI is InChI=1S/C12H8Cl2FNO3S2/c1-6-8(5-11(20-6)21(14,18)19)12(17)16-7-2-3-10(15)9(13)4-7/h2-5H,1H3,(H,16,17). The first-order valence-corrected chi connectivity index (χ1v) is 9.00. The summed E-state index contributed by atoms with van der Waals surface area (Å²) in [6, 6.07) is 4.92. The minimum Gasteiger partial charge on any atom is -0.322 e. The summed E-state index contributed by atoms with van der Waals surface area (Å²) in [6.45, 7) is 1.60. The van der Waals surface area contributed by atoms with Gasteiger partial charge >= 0.3 is 0 Å². The second kappa shape index (κ2) is 5.92. The Bertz CT molecular complexity index is 818. The lowest BCUT2D eigenvalue weighted by molar-refractivity contribution is 0.102. The molecular formula is C12H8Cl2FNO3S2. The van der Waals surface area contributed by atoms with E-state index in [-0.39, 0.29) is 14.8 Å². The third-order valence-electron chi connectivity index (χ3n) is 2.56. The predicted octanol–water partition coefficient (Wildman–Crippen LogP) is 4.03. The first kappa shape index (κ1) is 16.2. The van der Waals surface area contributed by atoms with Gasteiger partial charge in [-0.3, -0.25) is 4.79 Å². The Kier molecular flexibility index (Phi) is 4.57. The van der Waals surface area contributed by atoms with Crippen LogP contribution in [0.1, 0.15) is 15.2 Å². The molecule has 0 aliphatic rings. The van der Waals surface area contributed by atoms with Crippen LogP contribution in [0.5, 0.6) is 0 Å². The van der Waals surface area contributed by atoms with Crippen LogP contribution in [0, 0.1) is 12.7 Å². The van der Waals surface area contributed by atoms with Crippen molar-refractivity contribution in [1.82, 2.24) is 0 Å². The fourth-order valence-electron chi connectivity index (χ4n) is 1.57. The van der Waals surface area contributed by atoms with Gasteiger partial charge in [-0.05, 0) is 31.2 Å². The number of halogens is 3. The highest BCUT2D eigenvalue weighted by atomic mass is 35.7. The van der Waals surface area contributed by atoms with Crippen molar-refractivity contribution in [2.75, 3.05) is 5.32 Å². The predicted molar refractivity (Wildman–Crippen MR) is 81.5 cm³/mol. The minimum absolute atomic E-state index is 0.107. The summed E-state index contributed by atoms with van der Waals surface area (Å²) < 4.78 is 35.4. The molecule has 0 saturated heterocycles. The van der Waals surface area contributed by atoms with Gasteiger partial charge in [0.2, 0.25) is 0 Å². The number of thiophene rings is 1. The van der Waals surface area contributed by atoms with Crippen molar-refractivity contribution in [2.45, 2.75) is 11.1 Å². The lowest BCUT2D eigenvalue weighted by atomic mass is 10.2. The van der Waals surface area contributed by atoms with E-state index in [9.17, 15) is 17.6 Å². The van der Waals surface area contributed by atoms with E-state index >= 15 is 0 Å². The number of amides is 1. The zero-order chi connectivity index (χ0) is 15.8. The first-order chi connectivity index (χ1) is 9.68. The third-order valence-corrected chi connectivity index (χ3v) is 5.97. The fourth-order valence-corrected chi connectivity index (χ4v) is 3.94. The van der Waals surface area contributed by atoms with Gasteiger partial charge in [0.25, 0.3) is 15.0 Å². The van der Waals surface area contributed by atoms with Crippen LogP contribution in [-0.4, -0.2) is 14.3 Å². The number of hydrogen-bond donors (Lipinski definition) is 1. The van der Waals surface area contributed by atoms with Crippen molar-refractivity contribution in [1.29, 1.82) is 0 Å². The molecule has 1 heterocycles. The quantitative estimate of drug-likeness (QED) is 0.832. The molecule has 0 fully saturated rings. The van der Waals surface area contributed by atoms with Crippen LogP contribution in [0.4, 0.5) is 10.1 Å². The molecule has 1 aromatic heterocycles. The van der Waals surface area contributed by atoms with Gasteiger partial charge in [0.15, 0.2) is 0 Å². The topological polar surface area (TPSA) is 63.2 Å². The molecular weight excluding hydrogens is 360 g/mol. The van der Waals surface area contributed by atoms with E-state index in [0.29, 0.717) is 10.6 Å². The molecule has 9 heteroatoms. The molecule has 0 saturated carbocycles. The summed E-state index contributed by atoms with van der Waals surface area (Å²) in [6.07, 6.45) is 0. The zero-order valence-corrected chi connectivity index (χ0v) is 13.6. The van der Waals surface area contributed by atoms with Gasteiger partial charge in [0.05, 0.1) is 10.6 Å². The monoisotopic (exact) mass is 367 g/mol. The van der Waals surface area contributed by atoms with Crippen molar-refractivity contribution in [3.8, 4) is 0 Å². The number of benzene rings is 1. The van der Waals surface area contributed by atoms with Crippen molar-refractivity contribution >= 4 is 54.3 Å².